The van der Waals surface area contributed by atoms with Crippen LogP contribution in [0.3, 0.4) is 0 Å². The molecule has 1 atom stereocenters. The molecule has 37 heavy (non-hydrogen) atoms. The van der Waals surface area contributed by atoms with E-state index in [-0.39, 0.29) is 17.4 Å². The van der Waals surface area contributed by atoms with Gasteiger partial charge in [-0.1, -0.05) is 30.3 Å². The Morgan fingerprint density at radius 3 is 2.11 bits per heavy atom. The molecule has 188 valence electrons. The van der Waals surface area contributed by atoms with Gasteiger partial charge in [-0.25, -0.2) is 4.68 Å². The molecule has 1 amide bonds. The van der Waals surface area contributed by atoms with Crippen molar-refractivity contribution in [2.24, 2.45) is 17.8 Å². The van der Waals surface area contributed by atoms with E-state index in [2.05, 4.69) is 53.2 Å². The number of amides is 1. The molecule has 4 aromatic rings. The maximum absolute atomic E-state index is 13.9. The molecule has 2 heterocycles. The van der Waals surface area contributed by atoms with Gasteiger partial charge in [0.2, 0.25) is 0 Å². The van der Waals surface area contributed by atoms with Gasteiger partial charge in [-0.3, -0.25) is 4.79 Å². The van der Waals surface area contributed by atoms with Gasteiger partial charge >= 0.3 is 0 Å². The highest BCUT2D eigenvalue weighted by atomic mass is 16.1. The number of carbonyl (C=O) groups is 1. The molecule has 5 nitrogen and oxygen atoms in total. The maximum Gasteiger partial charge on any atom is 0.255 e. The van der Waals surface area contributed by atoms with Crippen molar-refractivity contribution >= 4 is 5.91 Å². The van der Waals surface area contributed by atoms with Crippen molar-refractivity contribution in [1.29, 1.82) is 0 Å². The predicted molar refractivity (Wildman–Crippen MR) is 145 cm³/mol. The first kappa shape index (κ1) is 22.6. The fourth-order valence-corrected chi connectivity index (χ4v) is 7.84. The zero-order chi connectivity index (χ0) is 25.0. The number of nitrogens with one attached hydrogen (secondary N) is 1. The van der Waals surface area contributed by atoms with Gasteiger partial charge < -0.3 is 9.88 Å². The van der Waals surface area contributed by atoms with Gasteiger partial charge in [0.25, 0.3) is 5.91 Å². The summed E-state index contributed by atoms with van der Waals surface area (Å²) in [5.41, 5.74) is 5.03. The lowest BCUT2D eigenvalue weighted by atomic mass is 9.48. The van der Waals surface area contributed by atoms with Crippen LogP contribution in [0.5, 0.6) is 0 Å². The fraction of sp³-hybridized carbons (Fsp3) is 0.375. The smallest absolute Gasteiger partial charge is 0.255 e. The van der Waals surface area contributed by atoms with Crippen LogP contribution in [0.25, 0.3) is 11.4 Å². The van der Waals surface area contributed by atoms with Gasteiger partial charge in [-0.05, 0) is 105 Å². The second kappa shape index (κ2) is 8.76. The van der Waals surface area contributed by atoms with E-state index in [1.807, 2.05) is 53.6 Å². The lowest BCUT2D eigenvalue weighted by Gasteiger charge is -2.56. The summed E-state index contributed by atoms with van der Waals surface area (Å²) >= 11 is 0. The maximum atomic E-state index is 13.9. The van der Waals surface area contributed by atoms with Gasteiger partial charge in [0, 0.05) is 29.7 Å². The monoisotopic (exact) mass is 490 g/mol. The summed E-state index contributed by atoms with van der Waals surface area (Å²) in [6.07, 6.45) is 13.7. The van der Waals surface area contributed by atoms with Crippen LogP contribution in [-0.2, 0) is 5.41 Å². The zero-order valence-electron chi connectivity index (χ0n) is 21.4. The molecule has 0 saturated heterocycles. The molecule has 0 radical (unpaired) electrons. The molecule has 8 rings (SSSR count). The van der Waals surface area contributed by atoms with Crippen molar-refractivity contribution in [2.45, 2.75) is 56.9 Å². The molecule has 4 bridgehead atoms. The van der Waals surface area contributed by atoms with Gasteiger partial charge in [0.1, 0.15) is 0 Å². The van der Waals surface area contributed by atoms with Crippen LogP contribution in [0.4, 0.5) is 0 Å². The zero-order valence-corrected chi connectivity index (χ0v) is 21.4. The molecular weight excluding hydrogens is 456 g/mol. The summed E-state index contributed by atoms with van der Waals surface area (Å²) in [7, 11) is 0. The average molecular weight is 491 g/mol. The largest absolute Gasteiger partial charge is 0.345 e. The van der Waals surface area contributed by atoms with Crippen LogP contribution >= 0.6 is 0 Å². The number of hydrogen-bond donors (Lipinski definition) is 1. The SMILES string of the molecule is CC(NC(=O)c1cn(-c2ccccc2)nc1C12CC3CC(CC(C3)C1)C2)c1ccc(-n2cccc2)cc1. The number of benzene rings is 2. The molecule has 4 aliphatic carbocycles. The van der Waals surface area contributed by atoms with E-state index in [4.69, 9.17) is 5.10 Å². The van der Waals surface area contributed by atoms with Gasteiger partial charge in [-0.2, -0.15) is 5.10 Å². The lowest BCUT2D eigenvalue weighted by Crippen LogP contribution is -2.49. The van der Waals surface area contributed by atoms with E-state index in [0.717, 1.165) is 45.9 Å². The Labute approximate surface area is 218 Å². The number of carbonyl (C=O) groups excluding carboxylic acids is 1. The van der Waals surface area contributed by atoms with E-state index in [1.54, 1.807) is 0 Å². The standard InChI is InChI=1S/C32H34N4O/c1-22(26-9-11-27(12-10-26)35-13-5-6-14-35)33-31(37)29-21-36(28-7-3-2-4-8-28)34-30(29)32-18-23-15-24(19-32)17-25(16-23)20-32/h2-14,21-25H,15-20H2,1H3,(H,33,37). The van der Waals surface area contributed by atoms with E-state index >= 15 is 0 Å². The minimum atomic E-state index is -0.101. The van der Waals surface area contributed by atoms with Gasteiger partial charge in [0.05, 0.1) is 23.0 Å². The lowest BCUT2D eigenvalue weighted by molar-refractivity contribution is -0.00771. The summed E-state index contributed by atoms with van der Waals surface area (Å²) in [5, 5.41) is 8.47. The van der Waals surface area contributed by atoms with Crippen LogP contribution in [-0.4, -0.2) is 20.3 Å². The molecule has 0 aliphatic heterocycles. The molecule has 0 spiro atoms. The summed E-state index contributed by atoms with van der Waals surface area (Å²) in [6, 6.07) is 22.6. The van der Waals surface area contributed by atoms with Crippen LogP contribution in [0.1, 0.15) is 73.1 Å². The van der Waals surface area contributed by atoms with Crippen LogP contribution in [0.2, 0.25) is 0 Å². The molecule has 2 aromatic heterocycles. The summed E-state index contributed by atoms with van der Waals surface area (Å²) in [4.78, 5) is 13.9. The van der Waals surface area contributed by atoms with Crippen molar-refractivity contribution in [2.75, 3.05) is 0 Å². The Balaban J connectivity index is 1.20. The van der Waals surface area contributed by atoms with E-state index in [1.165, 1.54) is 38.5 Å². The summed E-state index contributed by atoms with van der Waals surface area (Å²) in [6.45, 7) is 2.06. The van der Waals surface area contributed by atoms with Crippen molar-refractivity contribution in [3.05, 3.63) is 102 Å². The van der Waals surface area contributed by atoms with Gasteiger partial charge in [-0.15, -0.1) is 0 Å². The number of para-hydroxylation sites is 1. The number of rotatable bonds is 6. The predicted octanol–water partition coefficient (Wildman–Crippen LogP) is 6.62. The molecule has 4 saturated carbocycles. The highest BCUT2D eigenvalue weighted by Gasteiger charge is 2.54. The third kappa shape index (κ3) is 4.01. The Morgan fingerprint density at radius 1 is 0.865 bits per heavy atom. The third-order valence-electron chi connectivity index (χ3n) is 9.16. The van der Waals surface area contributed by atoms with Crippen molar-refractivity contribution in [3.63, 3.8) is 0 Å². The van der Waals surface area contributed by atoms with Crippen LogP contribution in [0.15, 0.2) is 85.3 Å². The second-order valence-electron chi connectivity index (χ2n) is 11.7. The minimum absolute atomic E-state index is 0.0186. The quantitative estimate of drug-likeness (QED) is 0.330. The Morgan fingerprint density at radius 2 is 1.49 bits per heavy atom. The third-order valence-corrected chi connectivity index (χ3v) is 9.16. The first-order valence-corrected chi connectivity index (χ1v) is 13.8. The normalized spacial score (nSPS) is 26.8. The van der Waals surface area contributed by atoms with Crippen molar-refractivity contribution in [3.8, 4) is 11.4 Å². The number of aromatic nitrogens is 3. The van der Waals surface area contributed by atoms with E-state index in [9.17, 15) is 4.79 Å². The first-order chi connectivity index (χ1) is 18.1. The molecular formula is C32H34N4O. The second-order valence-corrected chi connectivity index (χ2v) is 11.7. The molecule has 4 fully saturated rings. The van der Waals surface area contributed by atoms with Crippen LogP contribution in [0, 0.1) is 17.8 Å². The molecule has 1 N–H and O–H groups in total. The topological polar surface area (TPSA) is 51.9 Å². The van der Waals surface area contributed by atoms with Gasteiger partial charge in [0.15, 0.2) is 0 Å². The Kier molecular flexibility index (Phi) is 5.35. The van der Waals surface area contributed by atoms with E-state index in [0.29, 0.717) is 0 Å². The Bertz CT molecular complexity index is 1370. The highest BCUT2D eigenvalue weighted by Crippen LogP contribution is 2.60. The van der Waals surface area contributed by atoms with Crippen LogP contribution < -0.4 is 5.32 Å². The fourth-order valence-electron chi connectivity index (χ4n) is 7.84. The molecule has 4 aliphatic rings. The van der Waals surface area contributed by atoms with Crippen molar-refractivity contribution in [1.82, 2.24) is 19.7 Å². The highest BCUT2D eigenvalue weighted by molar-refractivity contribution is 5.96. The summed E-state index contributed by atoms with van der Waals surface area (Å²) in [5.74, 6) is 2.36. The average Bonchev–Trinajstić information content (AvgIpc) is 3.60. The molecule has 2 aromatic carbocycles. The van der Waals surface area contributed by atoms with Crippen molar-refractivity contribution < 1.29 is 4.79 Å². The van der Waals surface area contributed by atoms with E-state index < -0.39 is 0 Å². The Hall–Kier alpha value is -3.60. The number of nitrogens with zero attached hydrogens (tertiary/aromatic N) is 3. The minimum Gasteiger partial charge on any atom is -0.345 e. The molecule has 1 unspecified atom stereocenters. The first-order valence-electron chi connectivity index (χ1n) is 13.8. The number of hydrogen-bond acceptors (Lipinski definition) is 2. The summed E-state index contributed by atoms with van der Waals surface area (Å²) < 4.78 is 4.02. The molecule has 5 heteroatoms.